The first kappa shape index (κ1) is 24.8. The summed E-state index contributed by atoms with van der Waals surface area (Å²) in [4.78, 5) is 8.24. The molecule has 0 spiro atoms. The minimum atomic E-state index is -4.41. The lowest BCUT2D eigenvalue weighted by molar-refractivity contribution is -0.154. The Bertz CT molecular complexity index is 788. The maximum atomic E-state index is 12.3. The first-order valence-corrected chi connectivity index (χ1v) is 8.70. The van der Waals surface area contributed by atoms with Gasteiger partial charge in [0, 0.05) is 30.9 Å². The number of aromatic nitrogens is 1. The van der Waals surface area contributed by atoms with E-state index in [4.69, 9.17) is 4.74 Å². The quantitative estimate of drug-likeness (QED) is 0.312. The van der Waals surface area contributed by atoms with Gasteiger partial charge in [-0.15, -0.1) is 24.0 Å². The number of methoxy groups -OCH3 is 1. The molecule has 2 rings (SSSR count). The van der Waals surface area contributed by atoms with Crippen molar-refractivity contribution in [3.05, 3.63) is 53.7 Å². The summed E-state index contributed by atoms with van der Waals surface area (Å²) in [6.07, 6.45) is -3.01. The summed E-state index contributed by atoms with van der Waals surface area (Å²) in [5.41, 5.74) is 1.66. The van der Waals surface area contributed by atoms with Gasteiger partial charge < -0.3 is 20.1 Å². The molecule has 0 saturated heterocycles. The molecule has 0 bridgehead atoms. The van der Waals surface area contributed by atoms with Crippen molar-refractivity contribution >= 4 is 29.9 Å². The third kappa shape index (κ3) is 9.20. The van der Waals surface area contributed by atoms with E-state index in [0.29, 0.717) is 24.6 Å². The number of nitrogens with zero attached hydrogens (tertiary/aromatic N) is 2. The largest absolute Gasteiger partial charge is 0.496 e. The summed E-state index contributed by atoms with van der Waals surface area (Å²) in [6.45, 7) is 1.98. The molecule has 6 nitrogen and oxygen atoms in total. The molecule has 0 aliphatic heterocycles. The normalized spacial score (nSPS) is 11.4. The highest BCUT2D eigenvalue weighted by Gasteiger charge is 2.28. The highest BCUT2D eigenvalue weighted by Crippen LogP contribution is 2.18. The van der Waals surface area contributed by atoms with E-state index in [1.165, 1.54) is 12.3 Å². The van der Waals surface area contributed by atoms with Crippen LogP contribution in [0.25, 0.3) is 0 Å². The van der Waals surface area contributed by atoms with Crippen LogP contribution in [0.1, 0.15) is 18.1 Å². The third-order valence-corrected chi connectivity index (χ3v) is 3.59. The van der Waals surface area contributed by atoms with Gasteiger partial charge in [-0.25, -0.2) is 9.98 Å². The highest BCUT2D eigenvalue weighted by atomic mass is 127. The lowest BCUT2D eigenvalue weighted by Crippen LogP contribution is -2.36. The van der Waals surface area contributed by atoms with Crippen molar-refractivity contribution in [3.8, 4) is 11.6 Å². The molecule has 1 aromatic carbocycles. The number of halogens is 4. The van der Waals surface area contributed by atoms with Crippen LogP contribution in [-0.2, 0) is 13.1 Å². The molecule has 0 atom stereocenters. The second kappa shape index (κ2) is 12.3. The zero-order valence-electron chi connectivity index (χ0n) is 16.1. The first-order valence-electron chi connectivity index (χ1n) is 8.70. The van der Waals surface area contributed by atoms with Gasteiger partial charge in [-0.05, 0) is 24.6 Å². The fraction of sp³-hybridized carbons (Fsp3) is 0.368. The van der Waals surface area contributed by atoms with Gasteiger partial charge in [-0.3, -0.25) is 0 Å². The Balaban J connectivity index is 0.00000420. The summed E-state index contributed by atoms with van der Waals surface area (Å²) in [5.74, 6) is 1.26. The predicted molar refractivity (Wildman–Crippen MR) is 116 cm³/mol. The molecule has 0 aliphatic rings. The number of benzene rings is 1. The standard InChI is InChI=1S/C19H23F3N4O2.HI/c1-3-23-18(26-12-15-6-4-5-7-16(15)27-2)25-11-14-8-9-24-17(10-14)28-13-19(20,21)22;/h4-10H,3,11-13H2,1-2H3,(H2,23,25,26);1H. The minimum Gasteiger partial charge on any atom is -0.496 e. The SMILES string of the molecule is CCNC(=NCc1ccnc(OCC(F)(F)F)c1)NCc1ccccc1OC.I. The smallest absolute Gasteiger partial charge is 0.422 e. The second-order valence-electron chi connectivity index (χ2n) is 5.77. The average molecular weight is 524 g/mol. The number of rotatable bonds is 8. The summed E-state index contributed by atoms with van der Waals surface area (Å²) in [5, 5.41) is 6.33. The lowest BCUT2D eigenvalue weighted by Gasteiger charge is -2.13. The maximum absolute atomic E-state index is 12.3. The van der Waals surface area contributed by atoms with Gasteiger partial charge in [0.1, 0.15) is 5.75 Å². The number of hydrogen-bond donors (Lipinski definition) is 2. The zero-order valence-corrected chi connectivity index (χ0v) is 18.5. The molecule has 0 radical (unpaired) electrons. The Morgan fingerprint density at radius 2 is 1.93 bits per heavy atom. The Morgan fingerprint density at radius 3 is 2.62 bits per heavy atom. The van der Waals surface area contributed by atoms with Gasteiger partial charge >= 0.3 is 6.18 Å². The number of para-hydroxylation sites is 1. The average Bonchev–Trinajstić information content (AvgIpc) is 2.68. The van der Waals surface area contributed by atoms with Crippen LogP contribution < -0.4 is 20.1 Å². The van der Waals surface area contributed by atoms with Gasteiger partial charge in [0.25, 0.3) is 0 Å². The van der Waals surface area contributed by atoms with E-state index in [1.54, 1.807) is 13.2 Å². The van der Waals surface area contributed by atoms with Gasteiger partial charge in [0.2, 0.25) is 5.88 Å². The van der Waals surface area contributed by atoms with Crippen LogP contribution in [0.2, 0.25) is 0 Å². The molecular weight excluding hydrogens is 500 g/mol. The summed E-state index contributed by atoms with van der Waals surface area (Å²) in [7, 11) is 1.61. The minimum absolute atomic E-state index is 0. The van der Waals surface area contributed by atoms with Crippen molar-refractivity contribution in [1.29, 1.82) is 0 Å². The van der Waals surface area contributed by atoms with Crippen LogP contribution in [0.3, 0.4) is 0 Å². The van der Waals surface area contributed by atoms with E-state index < -0.39 is 12.8 Å². The van der Waals surface area contributed by atoms with E-state index in [2.05, 4.69) is 25.3 Å². The number of hydrogen-bond acceptors (Lipinski definition) is 4. The number of alkyl halides is 3. The molecule has 0 amide bonds. The molecule has 2 aromatic rings. The van der Waals surface area contributed by atoms with Crippen LogP contribution >= 0.6 is 24.0 Å². The molecular formula is C19H24F3IN4O2. The van der Waals surface area contributed by atoms with Gasteiger partial charge in [0.15, 0.2) is 12.6 Å². The van der Waals surface area contributed by atoms with Crippen molar-refractivity contribution < 1.29 is 22.6 Å². The predicted octanol–water partition coefficient (Wildman–Crippen LogP) is 3.90. The molecule has 2 N–H and O–H groups in total. The summed E-state index contributed by atoms with van der Waals surface area (Å²) < 4.78 is 46.8. The maximum Gasteiger partial charge on any atom is 0.422 e. The number of ether oxygens (including phenoxy) is 2. The molecule has 10 heteroatoms. The van der Waals surface area contributed by atoms with Crippen molar-refractivity contribution in [2.75, 3.05) is 20.3 Å². The van der Waals surface area contributed by atoms with E-state index in [-0.39, 0.29) is 36.4 Å². The summed E-state index contributed by atoms with van der Waals surface area (Å²) >= 11 is 0. The van der Waals surface area contributed by atoms with Crippen LogP contribution in [0.4, 0.5) is 13.2 Å². The van der Waals surface area contributed by atoms with Crippen LogP contribution in [0.5, 0.6) is 11.6 Å². The Hall–Kier alpha value is -2.24. The molecule has 0 unspecified atom stereocenters. The Labute approximate surface area is 184 Å². The van der Waals surface area contributed by atoms with Crippen molar-refractivity contribution in [3.63, 3.8) is 0 Å². The molecule has 0 saturated carbocycles. The van der Waals surface area contributed by atoms with E-state index in [0.717, 1.165) is 11.3 Å². The number of aliphatic imine (C=N–C) groups is 1. The van der Waals surface area contributed by atoms with Gasteiger partial charge in [0.05, 0.1) is 13.7 Å². The Kier molecular flexibility index (Phi) is 10.6. The van der Waals surface area contributed by atoms with Crippen molar-refractivity contribution in [2.24, 2.45) is 4.99 Å². The zero-order chi connectivity index (χ0) is 20.4. The monoisotopic (exact) mass is 524 g/mol. The molecule has 0 fully saturated rings. The molecule has 1 heterocycles. The molecule has 160 valence electrons. The topological polar surface area (TPSA) is 67.8 Å². The van der Waals surface area contributed by atoms with Crippen LogP contribution in [-0.4, -0.2) is 37.4 Å². The number of pyridine rings is 1. The highest BCUT2D eigenvalue weighted by molar-refractivity contribution is 14.0. The third-order valence-electron chi connectivity index (χ3n) is 3.59. The van der Waals surface area contributed by atoms with Gasteiger partial charge in [-0.2, -0.15) is 13.2 Å². The van der Waals surface area contributed by atoms with Gasteiger partial charge in [-0.1, -0.05) is 18.2 Å². The molecule has 29 heavy (non-hydrogen) atoms. The van der Waals surface area contributed by atoms with E-state index in [1.807, 2.05) is 31.2 Å². The fourth-order valence-electron chi connectivity index (χ4n) is 2.32. The van der Waals surface area contributed by atoms with Crippen LogP contribution in [0.15, 0.2) is 47.6 Å². The van der Waals surface area contributed by atoms with Crippen molar-refractivity contribution in [2.45, 2.75) is 26.2 Å². The number of guanidine groups is 1. The molecule has 0 aliphatic carbocycles. The fourth-order valence-corrected chi connectivity index (χ4v) is 2.32. The van der Waals surface area contributed by atoms with E-state index >= 15 is 0 Å². The second-order valence-corrected chi connectivity index (χ2v) is 5.77. The van der Waals surface area contributed by atoms with Crippen molar-refractivity contribution in [1.82, 2.24) is 15.6 Å². The van der Waals surface area contributed by atoms with E-state index in [9.17, 15) is 13.2 Å². The van der Waals surface area contributed by atoms with Crippen LogP contribution in [0, 0.1) is 0 Å². The summed E-state index contributed by atoms with van der Waals surface area (Å²) in [6, 6.07) is 10.8. The first-order chi connectivity index (χ1) is 13.4. The molecule has 1 aromatic heterocycles. The Morgan fingerprint density at radius 1 is 1.17 bits per heavy atom. The number of nitrogens with one attached hydrogen (secondary N) is 2. The lowest BCUT2D eigenvalue weighted by atomic mass is 10.2.